The van der Waals surface area contributed by atoms with Crippen molar-refractivity contribution < 1.29 is 14.4 Å². The fourth-order valence-electron chi connectivity index (χ4n) is 2.00. The summed E-state index contributed by atoms with van der Waals surface area (Å²) in [7, 11) is 0. The van der Waals surface area contributed by atoms with Gasteiger partial charge in [0.25, 0.3) is 0 Å². The zero-order valence-corrected chi connectivity index (χ0v) is 14.5. The van der Waals surface area contributed by atoms with E-state index < -0.39 is 11.8 Å². The summed E-state index contributed by atoms with van der Waals surface area (Å²) in [6.45, 7) is 0.181. The topological polar surface area (TPSA) is 88.2 Å². The molecule has 6 nitrogen and oxygen atoms in total. The van der Waals surface area contributed by atoms with Crippen molar-refractivity contribution in [1.82, 2.24) is 10.3 Å². The molecule has 0 spiro atoms. The molecule has 2 N–H and O–H groups in total. The van der Waals surface area contributed by atoms with E-state index in [9.17, 15) is 14.4 Å². The van der Waals surface area contributed by atoms with Crippen molar-refractivity contribution in [2.45, 2.75) is 6.54 Å². The highest BCUT2D eigenvalue weighted by molar-refractivity contribution is 7.14. The van der Waals surface area contributed by atoms with E-state index in [-0.39, 0.29) is 12.3 Å². The third kappa shape index (κ3) is 4.37. The molecule has 3 aromatic rings. The summed E-state index contributed by atoms with van der Waals surface area (Å²) in [5.74, 6) is -1.56. The molecule has 0 aliphatic rings. The minimum atomic E-state index is -0.765. The number of hydrogen-bond donors (Lipinski definition) is 2. The van der Waals surface area contributed by atoms with Crippen molar-refractivity contribution in [3.63, 3.8) is 0 Å². The zero-order valence-electron chi connectivity index (χ0n) is 12.9. The van der Waals surface area contributed by atoms with Crippen molar-refractivity contribution in [1.29, 1.82) is 0 Å². The Labute approximate surface area is 151 Å². The number of anilines is 1. The summed E-state index contributed by atoms with van der Waals surface area (Å²) in [6, 6.07) is 8.56. The van der Waals surface area contributed by atoms with Gasteiger partial charge in [-0.15, -0.1) is 11.3 Å². The van der Waals surface area contributed by atoms with Gasteiger partial charge in [-0.3, -0.25) is 19.4 Å². The predicted molar refractivity (Wildman–Crippen MR) is 96.8 cm³/mol. The molecule has 0 aliphatic carbocycles. The third-order valence-corrected chi connectivity index (χ3v) is 4.98. The zero-order chi connectivity index (χ0) is 17.6. The fraction of sp³-hybridized carbons (Fsp3) is 0.0588. The number of ketones is 1. The summed E-state index contributed by atoms with van der Waals surface area (Å²) in [6.07, 6.45) is 3.02. The molecule has 0 saturated heterocycles. The lowest BCUT2D eigenvalue weighted by Crippen LogP contribution is -2.34. The summed E-state index contributed by atoms with van der Waals surface area (Å²) in [5, 5.41) is 8.64. The lowest BCUT2D eigenvalue weighted by molar-refractivity contribution is -0.136. The van der Waals surface area contributed by atoms with E-state index in [1.807, 2.05) is 5.38 Å². The van der Waals surface area contributed by atoms with Crippen LogP contribution >= 0.6 is 22.7 Å². The summed E-state index contributed by atoms with van der Waals surface area (Å²) in [5.41, 5.74) is 1.10. The second kappa shape index (κ2) is 7.82. The quantitative estimate of drug-likeness (QED) is 0.533. The Bertz CT molecular complexity index is 889. The van der Waals surface area contributed by atoms with Crippen LogP contribution < -0.4 is 10.6 Å². The number of hydrogen-bond acceptors (Lipinski definition) is 6. The number of nitrogens with zero attached hydrogens (tertiary/aromatic N) is 1. The van der Waals surface area contributed by atoms with Crippen LogP contribution in [0.2, 0.25) is 0 Å². The van der Waals surface area contributed by atoms with Crippen LogP contribution in [0.25, 0.3) is 0 Å². The van der Waals surface area contributed by atoms with Gasteiger partial charge in [0.1, 0.15) is 0 Å². The molecule has 0 aliphatic heterocycles. The average Bonchev–Trinajstić information content (AvgIpc) is 3.32. The van der Waals surface area contributed by atoms with Crippen LogP contribution in [0.4, 0.5) is 5.69 Å². The van der Waals surface area contributed by atoms with Gasteiger partial charge in [-0.25, -0.2) is 0 Å². The molecule has 0 aromatic carbocycles. The van der Waals surface area contributed by atoms with Gasteiger partial charge in [0.15, 0.2) is 0 Å². The molecule has 126 valence electrons. The monoisotopic (exact) mass is 371 g/mol. The SMILES string of the molecule is O=C(NCc1ccc(C(=O)c2ccsc2)s1)C(=O)Nc1cccnc1. The Hall–Kier alpha value is -2.84. The normalized spacial score (nSPS) is 10.2. The minimum Gasteiger partial charge on any atom is -0.343 e. The molecule has 0 radical (unpaired) electrons. The number of thiophene rings is 2. The largest absolute Gasteiger partial charge is 0.343 e. The Balaban J connectivity index is 1.54. The van der Waals surface area contributed by atoms with Crippen LogP contribution in [0, 0.1) is 0 Å². The average molecular weight is 371 g/mol. The second-order valence-electron chi connectivity index (χ2n) is 4.99. The summed E-state index contributed by atoms with van der Waals surface area (Å²) in [4.78, 5) is 41.1. The molecule has 3 rings (SSSR count). The molecule has 3 heterocycles. The molecule has 0 atom stereocenters. The first-order valence-corrected chi connectivity index (χ1v) is 9.04. The lowest BCUT2D eigenvalue weighted by Gasteiger charge is -2.05. The van der Waals surface area contributed by atoms with Gasteiger partial charge < -0.3 is 10.6 Å². The van der Waals surface area contributed by atoms with Crippen molar-refractivity contribution in [3.05, 3.63) is 68.8 Å². The molecular weight excluding hydrogens is 358 g/mol. The number of pyridine rings is 1. The highest BCUT2D eigenvalue weighted by Crippen LogP contribution is 2.21. The van der Waals surface area contributed by atoms with E-state index in [0.717, 1.165) is 4.88 Å². The first-order chi connectivity index (χ1) is 12.1. The Morgan fingerprint density at radius 2 is 1.96 bits per heavy atom. The van der Waals surface area contributed by atoms with Crippen molar-refractivity contribution in [2.24, 2.45) is 0 Å². The fourth-order valence-corrected chi connectivity index (χ4v) is 3.55. The van der Waals surface area contributed by atoms with Gasteiger partial charge in [-0.05, 0) is 35.7 Å². The van der Waals surface area contributed by atoms with Crippen LogP contribution in [0.1, 0.15) is 20.1 Å². The van der Waals surface area contributed by atoms with E-state index in [1.165, 1.54) is 28.9 Å². The van der Waals surface area contributed by atoms with E-state index in [2.05, 4.69) is 15.6 Å². The van der Waals surface area contributed by atoms with Gasteiger partial charge in [-0.1, -0.05) is 0 Å². The van der Waals surface area contributed by atoms with Gasteiger partial charge in [0.2, 0.25) is 5.78 Å². The number of aromatic nitrogens is 1. The van der Waals surface area contributed by atoms with Gasteiger partial charge in [0, 0.05) is 22.0 Å². The highest BCUT2D eigenvalue weighted by atomic mass is 32.1. The van der Waals surface area contributed by atoms with Crippen molar-refractivity contribution in [2.75, 3.05) is 5.32 Å². The summed E-state index contributed by atoms with van der Waals surface area (Å²) < 4.78 is 0. The maximum absolute atomic E-state index is 12.2. The van der Waals surface area contributed by atoms with E-state index in [4.69, 9.17) is 0 Å². The molecule has 25 heavy (non-hydrogen) atoms. The number of carbonyl (C=O) groups is 3. The molecule has 0 unspecified atom stereocenters. The molecule has 0 fully saturated rings. The number of rotatable bonds is 5. The third-order valence-electron chi connectivity index (χ3n) is 3.22. The van der Waals surface area contributed by atoms with Crippen molar-refractivity contribution >= 4 is 46.0 Å². The first-order valence-electron chi connectivity index (χ1n) is 7.28. The maximum Gasteiger partial charge on any atom is 0.313 e. The standard InChI is InChI=1S/C17H13N3O3S2/c21-15(11-5-7-24-10-11)14-4-3-13(25-14)9-19-16(22)17(23)20-12-2-1-6-18-8-12/h1-8,10H,9H2,(H,19,22)(H,20,23). The Morgan fingerprint density at radius 3 is 2.68 bits per heavy atom. The van der Waals surface area contributed by atoms with Crippen LogP contribution in [0.15, 0.2) is 53.5 Å². The number of nitrogens with one attached hydrogen (secondary N) is 2. The smallest absolute Gasteiger partial charge is 0.313 e. The molecule has 3 aromatic heterocycles. The van der Waals surface area contributed by atoms with Gasteiger partial charge in [-0.2, -0.15) is 11.3 Å². The van der Waals surface area contributed by atoms with Crippen LogP contribution in [0.5, 0.6) is 0 Å². The van der Waals surface area contributed by atoms with Crippen molar-refractivity contribution in [3.8, 4) is 0 Å². The maximum atomic E-state index is 12.2. The Morgan fingerprint density at radius 1 is 1.08 bits per heavy atom. The van der Waals surface area contributed by atoms with Crippen LogP contribution in [0.3, 0.4) is 0 Å². The van der Waals surface area contributed by atoms with E-state index >= 15 is 0 Å². The first kappa shape index (κ1) is 17.0. The van der Waals surface area contributed by atoms with E-state index in [0.29, 0.717) is 16.1 Å². The van der Waals surface area contributed by atoms with Crippen LogP contribution in [-0.2, 0) is 16.1 Å². The van der Waals surface area contributed by atoms with Gasteiger partial charge in [0.05, 0.1) is 23.3 Å². The summed E-state index contributed by atoms with van der Waals surface area (Å²) >= 11 is 2.76. The second-order valence-corrected chi connectivity index (χ2v) is 6.93. The van der Waals surface area contributed by atoms with Crippen LogP contribution in [-0.4, -0.2) is 22.6 Å². The number of carbonyl (C=O) groups excluding carboxylic acids is 3. The van der Waals surface area contributed by atoms with Gasteiger partial charge >= 0.3 is 11.8 Å². The highest BCUT2D eigenvalue weighted by Gasteiger charge is 2.15. The van der Waals surface area contributed by atoms with E-state index in [1.54, 1.807) is 41.9 Å². The molecule has 2 amide bonds. The Kier molecular flexibility index (Phi) is 5.32. The number of amides is 2. The molecular formula is C17H13N3O3S2. The molecule has 8 heteroatoms. The lowest BCUT2D eigenvalue weighted by atomic mass is 10.2. The predicted octanol–water partition coefficient (Wildman–Crippen LogP) is 2.69. The minimum absolute atomic E-state index is 0.0434. The molecule has 0 bridgehead atoms. The molecule has 0 saturated carbocycles.